The molecule has 2 N–H and O–H groups in total. The molecule has 8 heteroatoms. The summed E-state index contributed by atoms with van der Waals surface area (Å²) < 4.78 is 1.85. The average Bonchev–Trinajstić information content (AvgIpc) is 3.13. The second kappa shape index (κ2) is 9.30. The van der Waals surface area contributed by atoms with Gasteiger partial charge in [0.25, 0.3) is 0 Å². The van der Waals surface area contributed by atoms with E-state index in [1.165, 1.54) is 4.88 Å². The molecule has 2 rings (SSSR count). The van der Waals surface area contributed by atoms with Crippen molar-refractivity contribution < 1.29 is 0 Å². The maximum atomic E-state index is 6.09. The van der Waals surface area contributed by atoms with Crippen LogP contribution in [0.15, 0.2) is 17.3 Å². The van der Waals surface area contributed by atoms with Crippen molar-refractivity contribution in [1.82, 2.24) is 20.2 Å². The standard InChI is InChI=1S/C16H23Cl2N5S/c1-4-12-10-21-14(24-12)6-7-20-16(19-5-2)22-9-11-8-13(17)15(18)23(11)3/h8,10H,4-7,9H2,1-3H3,(H2,19,20,22). The van der Waals surface area contributed by atoms with Crippen molar-refractivity contribution in [3.63, 3.8) is 0 Å². The van der Waals surface area contributed by atoms with Gasteiger partial charge in [0.1, 0.15) is 5.15 Å². The summed E-state index contributed by atoms with van der Waals surface area (Å²) in [6.45, 7) is 6.29. The average molecular weight is 388 g/mol. The molecule has 0 aliphatic rings. The lowest BCUT2D eigenvalue weighted by atomic mass is 10.4. The number of aryl methyl sites for hydroxylation is 1. The number of nitrogens with one attached hydrogen (secondary N) is 2. The lowest BCUT2D eigenvalue weighted by molar-refractivity contribution is 0.778. The molecule has 2 heterocycles. The molecular weight excluding hydrogens is 365 g/mol. The molecule has 0 saturated heterocycles. The summed E-state index contributed by atoms with van der Waals surface area (Å²) >= 11 is 13.9. The Bertz CT molecular complexity index is 693. The SMILES string of the molecule is CCNC(=NCc1cc(Cl)c(Cl)n1C)NCCc1ncc(CC)s1. The van der Waals surface area contributed by atoms with Gasteiger partial charge in [-0.2, -0.15) is 0 Å². The number of nitrogens with zero attached hydrogens (tertiary/aromatic N) is 3. The van der Waals surface area contributed by atoms with Crippen LogP contribution >= 0.6 is 34.5 Å². The van der Waals surface area contributed by atoms with Crippen molar-refractivity contribution in [1.29, 1.82) is 0 Å². The normalized spacial score (nSPS) is 11.8. The van der Waals surface area contributed by atoms with Crippen molar-refractivity contribution in [2.75, 3.05) is 13.1 Å². The number of rotatable bonds is 7. The quantitative estimate of drug-likeness (QED) is 0.562. The maximum absolute atomic E-state index is 6.09. The summed E-state index contributed by atoms with van der Waals surface area (Å²) in [7, 11) is 1.88. The molecule has 2 aromatic heterocycles. The molecule has 0 radical (unpaired) electrons. The Morgan fingerprint density at radius 2 is 2.12 bits per heavy atom. The molecule has 0 saturated carbocycles. The third-order valence-electron chi connectivity index (χ3n) is 3.54. The molecule has 0 aliphatic carbocycles. The van der Waals surface area contributed by atoms with E-state index in [0.29, 0.717) is 16.7 Å². The maximum Gasteiger partial charge on any atom is 0.191 e. The predicted octanol–water partition coefficient (Wildman–Crippen LogP) is 3.65. The van der Waals surface area contributed by atoms with Crippen molar-refractivity contribution >= 4 is 40.5 Å². The van der Waals surface area contributed by atoms with Gasteiger partial charge in [0.2, 0.25) is 0 Å². The largest absolute Gasteiger partial charge is 0.357 e. The van der Waals surface area contributed by atoms with Crippen molar-refractivity contribution in [2.24, 2.45) is 12.0 Å². The predicted molar refractivity (Wildman–Crippen MR) is 103 cm³/mol. The summed E-state index contributed by atoms with van der Waals surface area (Å²) in [5.41, 5.74) is 0.967. The summed E-state index contributed by atoms with van der Waals surface area (Å²) in [5, 5.41) is 8.82. The highest BCUT2D eigenvalue weighted by Crippen LogP contribution is 2.25. The molecule has 0 amide bonds. The number of aliphatic imine (C=N–C) groups is 1. The lowest BCUT2D eigenvalue weighted by Gasteiger charge is -2.11. The Morgan fingerprint density at radius 1 is 1.33 bits per heavy atom. The third-order valence-corrected chi connectivity index (χ3v) is 5.58. The number of aromatic nitrogens is 2. The van der Waals surface area contributed by atoms with Gasteiger partial charge in [0, 0.05) is 43.3 Å². The number of hydrogen-bond donors (Lipinski definition) is 2. The van der Waals surface area contributed by atoms with Crippen LogP contribution in [-0.4, -0.2) is 28.6 Å². The second-order valence-electron chi connectivity index (χ2n) is 5.28. The van der Waals surface area contributed by atoms with Gasteiger partial charge in [-0.15, -0.1) is 11.3 Å². The summed E-state index contributed by atoms with van der Waals surface area (Å²) in [5.74, 6) is 0.776. The van der Waals surface area contributed by atoms with E-state index in [4.69, 9.17) is 23.2 Å². The molecular formula is C16H23Cl2N5S. The van der Waals surface area contributed by atoms with Crippen molar-refractivity contribution in [3.8, 4) is 0 Å². The Hall–Kier alpha value is -1.24. The fraction of sp³-hybridized carbons (Fsp3) is 0.500. The Kier molecular flexibility index (Phi) is 7.40. The first-order valence-corrected chi connectivity index (χ1v) is 9.57. The number of thiazole rings is 1. The van der Waals surface area contributed by atoms with Crippen LogP contribution in [0.1, 0.15) is 29.4 Å². The molecule has 0 spiro atoms. The number of hydrogen-bond acceptors (Lipinski definition) is 3. The lowest BCUT2D eigenvalue weighted by Crippen LogP contribution is -2.38. The zero-order valence-electron chi connectivity index (χ0n) is 14.2. The third kappa shape index (κ3) is 5.13. The van der Waals surface area contributed by atoms with E-state index >= 15 is 0 Å². The van der Waals surface area contributed by atoms with Crippen LogP contribution in [0.4, 0.5) is 0 Å². The van der Waals surface area contributed by atoms with Crippen LogP contribution in [0, 0.1) is 0 Å². The van der Waals surface area contributed by atoms with Crippen LogP contribution in [0.5, 0.6) is 0 Å². The minimum atomic E-state index is 0.509. The van der Waals surface area contributed by atoms with Gasteiger partial charge in [-0.3, -0.25) is 0 Å². The van der Waals surface area contributed by atoms with Gasteiger partial charge in [-0.1, -0.05) is 30.1 Å². The molecule has 5 nitrogen and oxygen atoms in total. The van der Waals surface area contributed by atoms with Crippen LogP contribution in [0.3, 0.4) is 0 Å². The molecule has 0 unspecified atom stereocenters. The minimum absolute atomic E-state index is 0.509. The highest BCUT2D eigenvalue weighted by molar-refractivity contribution is 7.11. The van der Waals surface area contributed by atoms with Crippen LogP contribution < -0.4 is 10.6 Å². The van der Waals surface area contributed by atoms with E-state index in [9.17, 15) is 0 Å². The van der Waals surface area contributed by atoms with Crippen molar-refractivity contribution in [2.45, 2.75) is 33.2 Å². The minimum Gasteiger partial charge on any atom is -0.357 e. The van der Waals surface area contributed by atoms with E-state index < -0.39 is 0 Å². The molecule has 0 bridgehead atoms. The van der Waals surface area contributed by atoms with Gasteiger partial charge < -0.3 is 15.2 Å². The van der Waals surface area contributed by atoms with E-state index in [1.54, 1.807) is 11.3 Å². The molecule has 0 atom stereocenters. The Morgan fingerprint density at radius 3 is 2.71 bits per heavy atom. The summed E-state index contributed by atoms with van der Waals surface area (Å²) in [4.78, 5) is 10.3. The summed E-state index contributed by atoms with van der Waals surface area (Å²) in [6.07, 6.45) is 3.88. The Labute approximate surface area is 157 Å². The molecule has 0 aliphatic heterocycles. The molecule has 2 aromatic rings. The topological polar surface area (TPSA) is 54.2 Å². The molecule has 132 valence electrons. The van der Waals surface area contributed by atoms with E-state index in [-0.39, 0.29) is 0 Å². The van der Waals surface area contributed by atoms with E-state index in [1.807, 2.05) is 30.8 Å². The summed E-state index contributed by atoms with van der Waals surface area (Å²) in [6, 6.07) is 1.85. The first-order chi connectivity index (χ1) is 11.5. The van der Waals surface area contributed by atoms with Crippen molar-refractivity contribution in [3.05, 3.63) is 38.0 Å². The van der Waals surface area contributed by atoms with Crippen LogP contribution in [-0.2, 0) is 26.4 Å². The molecule has 0 aromatic carbocycles. The van der Waals surface area contributed by atoms with Gasteiger partial charge in [-0.25, -0.2) is 9.98 Å². The first kappa shape index (κ1) is 19.1. The zero-order chi connectivity index (χ0) is 17.5. The van der Waals surface area contributed by atoms with Gasteiger partial charge in [-0.05, 0) is 19.4 Å². The first-order valence-electron chi connectivity index (χ1n) is 8.00. The highest BCUT2D eigenvalue weighted by atomic mass is 35.5. The van der Waals surface area contributed by atoms with E-state index in [2.05, 4.69) is 27.5 Å². The monoisotopic (exact) mass is 387 g/mol. The fourth-order valence-corrected chi connectivity index (χ4v) is 3.44. The smallest absolute Gasteiger partial charge is 0.191 e. The number of halogens is 2. The second-order valence-corrected chi connectivity index (χ2v) is 7.24. The number of guanidine groups is 1. The van der Waals surface area contributed by atoms with E-state index in [0.717, 1.165) is 42.6 Å². The van der Waals surface area contributed by atoms with Gasteiger partial charge >= 0.3 is 0 Å². The molecule has 0 fully saturated rings. The molecule has 24 heavy (non-hydrogen) atoms. The highest BCUT2D eigenvalue weighted by Gasteiger charge is 2.08. The van der Waals surface area contributed by atoms with Crippen LogP contribution in [0.2, 0.25) is 10.2 Å². The van der Waals surface area contributed by atoms with Gasteiger partial charge in [0.05, 0.1) is 16.6 Å². The zero-order valence-corrected chi connectivity index (χ0v) is 16.5. The Balaban J connectivity index is 1.91. The van der Waals surface area contributed by atoms with Gasteiger partial charge in [0.15, 0.2) is 5.96 Å². The fourth-order valence-electron chi connectivity index (χ4n) is 2.16. The van der Waals surface area contributed by atoms with Crippen LogP contribution in [0.25, 0.3) is 0 Å².